The lowest BCUT2D eigenvalue weighted by atomic mass is 9.52. The van der Waals surface area contributed by atoms with Crippen molar-refractivity contribution < 1.29 is 28.7 Å². The molecule has 0 saturated heterocycles. The Morgan fingerprint density at radius 1 is 0.792 bits per heavy atom. The smallest absolute Gasteiger partial charge is 0.343 e. The van der Waals surface area contributed by atoms with Gasteiger partial charge in [0, 0.05) is 34.6 Å². The van der Waals surface area contributed by atoms with Crippen molar-refractivity contribution in [3.63, 3.8) is 0 Å². The average molecular weight is 640 g/mol. The Labute approximate surface area is 278 Å². The fraction of sp³-hybridized carbons (Fsp3) is 0.200. The van der Waals surface area contributed by atoms with Crippen LogP contribution in [0, 0.1) is 15.5 Å². The van der Waals surface area contributed by atoms with Crippen LogP contribution in [-0.2, 0) is 5.41 Å². The second-order valence-corrected chi connectivity index (χ2v) is 13.1. The average Bonchev–Trinajstić information content (AvgIpc) is 3.10. The molecule has 5 aromatic carbocycles. The number of benzene rings is 5. The highest BCUT2D eigenvalue weighted by atomic mass is 16.6. The van der Waals surface area contributed by atoms with Crippen molar-refractivity contribution >= 4 is 17.4 Å². The lowest BCUT2D eigenvalue weighted by Gasteiger charge is -2.51. The minimum absolute atomic E-state index is 0.0271. The maximum atomic E-state index is 14.2. The summed E-state index contributed by atoms with van der Waals surface area (Å²) in [6.45, 7) is 5.84. The van der Waals surface area contributed by atoms with Crippen LogP contribution < -0.4 is 14.2 Å². The Balaban J connectivity index is 1.47. The molecule has 0 atom stereocenters. The predicted octanol–water partition coefficient (Wildman–Crippen LogP) is 8.27. The molecule has 5 aromatic rings. The van der Waals surface area contributed by atoms with E-state index in [-0.39, 0.29) is 29.6 Å². The van der Waals surface area contributed by atoms with Gasteiger partial charge in [-0.05, 0) is 76.3 Å². The Morgan fingerprint density at radius 2 is 1.38 bits per heavy atom. The summed E-state index contributed by atoms with van der Waals surface area (Å²) in [5.74, 6) is 0.629. The van der Waals surface area contributed by atoms with E-state index in [1.165, 1.54) is 24.3 Å². The molecule has 3 aliphatic carbocycles. The van der Waals surface area contributed by atoms with Gasteiger partial charge in [0.1, 0.15) is 23.9 Å². The van der Waals surface area contributed by atoms with Crippen molar-refractivity contribution in [1.29, 1.82) is 0 Å². The maximum absolute atomic E-state index is 14.2. The van der Waals surface area contributed by atoms with Gasteiger partial charge in [-0.25, -0.2) is 4.79 Å². The molecule has 0 radical (unpaired) electrons. The minimum atomic E-state index is -0.976. The highest BCUT2D eigenvalue weighted by molar-refractivity contribution is 6.03. The van der Waals surface area contributed by atoms with Gasteiger partial charge in [0.15, 0.2) is 5.78 Å². The number of non-ortho nitro benzene ring substituents is 1. The van der Waals surface area contributed by atoms with E-state index in [0.29, 0.717) is 28.4 Å². The third kappa shape index (κ3) is 4.83. The fourth-order valence-corrected chi connectivity index (χ4v) is 7.16. The van der Waals surface area contributed by atoms with Crippen LogP contribution in [0.5, 0.6) is 17.2 Å². The molecule has 8 rings (SSSR count). The van der Waals surface area contributed by atoms with Crippen LogP contribution in [-0.4, -0.2) is 30.4 Å². The van der Waals surface area contributed by atoms with Crippen molar-refractivity contribution in [1.82, 2.24) is 0 Å². The van der Waals surface area contributed by atoms with E-state index in [4.69, 9.17) is 14.2 Å². The predicted molar refractivity (Wildman–Crippen MR) is 180 cm³/mol. The van der Waals surface area contributed by atoms with Gasteiger partial charge >= 0.3 is 5.97 Å². The minimum Gasteiger partial charge on any atom is -0.497 e. The van der Waals surface area contributed by atoms with Gasteiger partial charge in [-0.15, -0.1) is 0 Å². The molecule has 240 valence electrons. The molecule has 0 aliphatic heterocycles. The van der Waals surface area contributed by atoms with Crippen LogP contribution in [0.1, 0.15) is 80.8 Å². The zero-order valence-electron chi connectivity index (χ0n) is 27.0. The first-order valence-electron chi connectivity index (χ1n) is 15.7. The zero-order valence-corrected chi connectivity index (χ0v) is 27.0. The molecule has 0 N–H and O–H groups in total. The fourth-order valence-electron chi connectivity index (χ4n) is 7.16. The first-order chi connectivity index (χ1) is 23.0. The number of hydrogen-bond acceptors (Lipinski definition) is 7. The molecule has 8 nitrogen and oxygen atoms in total. The van der Waals surface area contributed by atoms with Crippen molar-refractivity contribution in [2.24, 2.45) is 5.41 Å². The summed E-state index contributed by atoms with van der Waals surface area (Å²) in [5.41, 5.74) is 4.55. The highest BCUT2D eigenvalue weighted by Gasteiger charge is 2.55. The quantitative estimate of drug-likeness (QED) is 0.0553. The van der Waals surface area contributed by atoms with Crippen molar-refractivity contribution in [2.45, 2.75) is 32.1 Å². The summed E-state index contributed by atoms with van der Waals surface area (Å²) in [6.07, 6.45) is 0. The number of carbonyl (C=O) groups excluding carboxylic acids is 2. The topological polar surface area (TPSA) is 105 Å². The summed E-state index contributed by atoms with van der Waals surface area (Å²) in [7, 11) is 1.61. The zero-order chi connectivity index (χ0) is 33.8. The van der Waals surface area contributed by atoms with Gasteiger partial charge < -0.3 is 14.2 Å². The molecule has 0 fully saturated rings. The SMILES string of the molecule is COc1ccc(OCC23c4ccccc4C(c4ccccc42)c2c(C(=O)C(C)(C)C)ccc(OC(=O)c4ccc([N+](=O)[O-])cc4)c23)cc1. The van der Waals surface area contributed by atoms with Crippen LogP contribution in [0.25, 0.3) is 0 Å². The number of nitro groups is 1. The van der Waals surface area contributed by atoms with E-state index in [2.05, 4.69) is 24.3 Å². The number of rotatable bonds is 8. The molecule has 0 unspecified atom stereocenters. The van der Waals surface area contributed by atoms with E-state index in [1.54, 1.807) is 19.2 Å². The van der Waals surface area contributed by atoms with E-state index in [9.17, 15) is 19.7 Å². The lowest BCUT2D eigenvalue weighted by molar-refractivity contribution is -0.384. The lowest BCUT2D eigenvalue weighted by Crippen LogP contribution is -2.47. The summed E-state index contributed by atoms with van der Waals surface area (Å²) < 4.78 is 18.2. The number of ether oxygens (including phenoxy) is 3. The van der Waals surface area contributed by atoms with Gasteiger partial charge in [0.05, 0.1) is 23.0 Å². The van der Waals surface area contributed by atoms with Gasteiger partial charge in [0.2, 0.25) is 0 Å². The molecular formula is C40H33NO7. The molecule has 3 aliphatic rings. The van der Waals surface area contributed by atoms with Crippen LogP contribution in [0.2, 0.25) is 0 Å². The first kappa shape index (κ1) is 30.9. The molecule has 0 heterocycles. The third-order valence-corrected chi connectivity index (χ3v) is 9.34. The Kier molecular flexibility index (Phi) is 7.39. The van der Waals surface area contributed by atoms with E-state index < -0.39 is 21.7 Å². The van der Waals surface area contributed by atoms with Crippen LogP contribution in [0.4, 0.5) is 5.69 Å². The molecule has 0 spiro atoms. The summed E-state index contributed by atoms with van der Waals surface area (Å²) in [4.78, 5) is 38.6. The summed E-state index contributed by atoms with van der Waals surface area (Å²) >= 11 is 0. The number of Topliss-reactive ketones (excluding diaryl/α,β-unsaturated/α-hetero) is 1. The third-order valence-electron chi connectivity index (χ3n) is 9.34. The van der Waals surface area contributed by atoms with Crippen LogP contribution in [0.3, 0.4) is 0 Å². The number of ketones is 1. The van der Waals surface area contributed by atoms with Crippen LogP contribution >= 0.6 is 0 Å². The van der Waals surface area contributed by atoms with E-state index in [0.717, 1.165) is 27.8 Å². The Hall–Kier alpha value is -5.76. The van der Waals surface area contributed by atoms with Crippen molar-refractivity contribution in [3.05, 3.63) is 164 Å². The largest absolute Gasteiger partial charge is 0.497 e. The van der Waals surface area contributed by atoms with Gasteiger partial charge in [0.25, 0.3) is 5.69 Å². The van der Waals surface area contributed by atoms with Crippen molar-refractivity contribution in [3.8, 4) is 17.2 Å². The highest BCUT2D eigenvalue weighted by Crippen LogP contribution is 2.62. The normalized spacial score (nSPS) is 17.0. The van der Waals surface area contributed by atoms with Crippen molar-refractivity contribution in [2.75, 3.05) is 13.7 Å². The summed E-state index contributed by atoms with van der Waals surface area (Å²) in [5, 5.41) is 11.2. The van der Waals surface area contributed by atoms with E-state index in [1.807, 2.05) is 69.3 Å². The number of carbonyl (C=O) groups is 2. The number of esters is 1. The Morgan fingerprint density at radius 3 is 1.94 bits per heavy atom. The van der Waals surface area contributed by atoms with Gasteiger partial charge in [-0.2, -0.15) is 0 Å². The molecule has 2 bridgehead atoms. The molecule has 0 amide bonds. The van der Waals surface area contributed by atoms with E-state index >= 15 is 0 Å². The summed E-state index contributed by atoms with van der Waals surface area (Å²) in [6, 6.07) is 32.5. The monoisotopic (exact) mass is 639 g/mol. The molecule has 48 heavy (non-hydrogen) atoms. The second kappa shape index (κ2) is 11.5. The molecular weight excluding hydrogens is 606 g/mol. The number of hydrogen-bond donors (Lipinski definition) is 0. The standard InChI is InChI=1S/C40H33NO7/c1-39(2,3)37(42)30-21-22-33(48-38(43)24-13-15-25(16-14-24)41(44)45)36-35(30)34-28-9-5-7-11-31(28)40(36,32-12-8-6-10-29(32)34)23-47-27-19-17-26(46-4)18-20-27/h5-22,34H,23H2,1-4H3. The number of nitrogens with zero attached hydrogens (tertiary/aromatic N) is 1. The first-order valence-corrected chi connectivity index (χ1v) is 15.7. The molecule has 0 aromatic heterocycles. The molecule has 8 heteroatoms. The second-order valence-electron chi connectivity index (χ2n) is 13.1. The van der Waals surface area contributed by atoms with Crippen LogP contribution in [0.15, 0.2) is 109 Å². The van der Waals surface area contributed by atoms with Gasteiger partial charge in [-0.1, -0.05) is 69.3 Å². The van der Waals surface area contributed by atoms with Gasteiger partial charge in [-0.3, -0.25) is 14.9 Å². The number of methoxy groups -OCH3 is 1. The maximum Gasteiger partial charge on any atom is 0.343 e. The Bertz CT molecular complexity index is 2040. The molecule has 0 saturated carbocycles. The number of nitro benzene ring substituents is 1.